The minimum Gasteiger partial charge on any atom is -0.316 e. The van der Waals surface area contributed by atoms with E-state index in [0.717, 1.165) is 12.0 Å². The molecular weight excluding hydrogens is 232 g/mol. The monoisotopic (exact) mass is 266 g/mol. The number of hydrogen-bond donors (Lipinski definition) is 1. The summed E-state index contributed by atoms with van der Waals surface area (Å²) in [6.07, 6.45) is 6.88. The lowest BCUT2D eigenvalue weighted by Crippen LogP contribution is -2.47. The normalized spacial score (nSPS) is 31.6. The third-order valence-electron chi connectivity index (χ3n) is 5.10. The smallest absolute Gasteiger partial charge is 0.0102 e. The first-order valence-corrected chi connectivity index (χ1v) is 8.18. The van der Waals surface area contributed by atoms with Gasteiger partial charge in [0.25, 0.3) is 0 Å². The molecule has 0 aromatic heterocycles. The van der Waals surface area contributed by atoms with Gasteiger partial charge in [-0.2, -0.15) is 0 Å². The van der Waals surface area contributed by atoms with Gasteiger partial charge in [0.15, 0.2) is 0 Å². The highest BCUT2D eigenvalue weighted by Crippen LogP contribution is 2.47. The van der Waals surface area contributed by atoms with E-state index in [9.17, 15) is 0 Å². The van der Waals surface area contributed by atoms with Crippen LogP contribution in [0.1, 0.15) is 59.8 Å². The van der Waals surface area contributed by atoms with Crippen molar-refractivity contribution >= 4 is 0 Å². The molecule has 2 heteroatoms. The molecule has 2 aliphatic rings. The standard InChI is InChI=1S/C17H34N2/c1-16(2)9-15(10-17(3,4)13-16)19(5)12-14-7-6-8-18-11-14/h14-15,18H,6-13H2,1-5H3. The van der Waals surface area contributed by atoms with Crippen molar-refractivity contribution in [3.63, 3.8) is 0 Å². The van der Waals surface area contributed by atoms with Crippen LogP contribution in [-0.4, -0.2) is 37.6 Å². The van der Waals surface area contributed by atoms with Crippen LogP contribution < -0.4 is 5.32 Å². The van der Waals surface area contributed by atoms with Crippen LogP contribution in [0.15, 0.2) is 0 Å². The molecule has 1 aliphatic carbocycles. The van der Waals surface area contributed by atoms with Gasteiger partial charge in [-0.1, -0.05) is 27.7 Å². The fourth-order valence-corrected chi connectivity index (χ4v) is 4.74. The molecule has 1 saturated heterocycles. The minimum atomic E-state index is 0.505. The molecule has 2 rings (SSSR count). The van der Waals surface area contributed by atoms with Crippen LogP contribution in [-0.2, 0) is 0 Å². The molecule has 0 amide bonds. The first-order chi connectivity index (χ1) is 8.77. The summed E-state index contributed by atoms with van der Waals surface area (Å²) in [6, 6.07) is 0.778. The second kappa shape index (κ2) is 5.73. The van der Waals surface area contributed by atoms with Crippen LogP contribution in [0.5, 0.6) is 0 Å². The van der Waals surface area contributed by atoms with Gasteiger partial charge in [-0.25, -0.2) is 0 Å². The number of nitrogens with zero attached hydrogens (tertiary/aromatic N) is 1. The summed E-state index contributed by atoms with van der Waals surface area (Å²) in [7, 11) is 2.36. The second-order valence-corrected chi connectivity index (χ2v) is 8.72. The predicted octanol–water partition coefficient (Wildman–Crippen LogP) is 3.52. The minimum absolute atomic E-state index is 0.505. The average Bonchev–Trinajstić information content (AvgIpc) is 2.26. The zero-order valence-corrected chi connectivity index (χ0v) is 13.8. The van der Waals surface area contributed by atoms with Gasteiger partial charge in [-0.15, -0.1) is 0 Å². The summed E-state index contributed by atoms with van der Waals surface area (Å²) >= 11 is 0. The maximum Gasteiger partial charge on any atom is 0.0102 e. The summed E-state index contributed by atoms with van der Waals surface area (Å²) in [4.78, 5) is 2.67. The van der Waals surface area contributed by atoms with Crippen LogP contribution in [0.2, 0.25) is 0 Å². The maximum absolute atomic E-state index is 3.55. The number of hydrogen-bond acceptors (Lipinski definition) is 2. The van der Waals surface area contributed by atoms with E-state index in [2.05, 4.69) is 45.0 Å². The van der Waals surface area contributed by atoms with Crippen LogP contribution in [0.3, 0.4) is 0 Å². The van der Waals surface area contributed by atoms with E-state index >= 15 is 0 Å². The van der Waals surface area contributed by atoms with E-state index in [0.29, 0.717) is 10.8 Å². The zero-order chi connectivity index (χ0) is 14.1. The van der Waals surface area contributed by atoms with Gasteiger partial charge < -0.3 is 10.2 Å². The third-order valence-corrected chi connectivity index (χ3v) is 5.10. The summed E-state index contributed by atoms with van der Waals surface area (Å²) in [6.45, 7) is 13.6. The quantitative estimate of drug-likeness (QED) is 0.841. The Morgan fingerprint density at radius 3 is 2.26 bits per heavy atom. The average molecular weight is 266 g/mol. The zero-order valence-electron chi connectivity index (χ0n) is 13.8. The van der Waals surface area contributed by atoms with Crippen LogP contribution in [0.4, 0.5) is 0 Å². The Bertz CT molecular complexity index is 274. The molecule has 0 aromatic carbocycles. The lowest BCUT2D eigenvalue weighted by atomic mass is 9.63. The van der Waals surface area contributed by atoms with E-state index in [-0.39, 0.29) is 0 Å². The lowest BCUT2D eigenvalue weighted by Gasteiger charge is -2.48. The maximum atomic E-state index is 3.55. The van der Waals surface area contributed by atoms with Crippen LogP contribution in [0.25, 0.3) is 0 Å². The SMILES string of the molecule is CN(CC1CCCNC1)C1CC(C)(C)CC(C)(C)C1. The number of piperidine rings is 1. The first kappa shape index (κ1) is 15.3. The van der Waals surface area contributed by atoms with Crippen molar-refractivity contribution < 1.29 is 0 Å². The van der Waals surface area contributed by atoms with E-state index < -0.39 is 0 Å². The molecule has 112 valence electrons. The summed E-state index contributed by atoms with van der Waals surface area (Å²) in [5, 5.41) is 3.55. The van der Waals surface area contributed by atoms with Crippen molar-refractivity contribution in [2.45, 2.75) is 65.8 Å². The Kier molecular flexibility index (Phi) is 4.62. The molecule has 1 heterocycles. The highest BCUT2D eigenvalue weighted by molar-refractivity contribution is 4.93. The lowest BCUT2D eigenvalue weighted by molar-refractivity contribution is 0.0281. The summed E-state index contributed by atoms with van der Waals surface area (Å²) < 4.78 is 0. The van der Waals surface area contributed by atoms with Crippen molar-refractivity contribution in [3.8, 4) is 0 Å². The Balaban J connectivity index is 1.92. The number of nitrogens with one attached hydrogen (secondary N) is 1. The Hall–Kier alpha value is -0.0800. The fraction of sp³-hybridized carbons (Fsp3) is 1.00. The van der Waals surface area contributed by atoms with Crippen molar-refractivity contribution in [2.75, 3.05) is 26.7 Å². The van der Waals surface area contributed by atoms with Gasteiger partial charge >= 0.3 is 0 Å². The fourth-order valence-electron chi connectivity index (χ4n) is 4.74. The topological polar surface area (TPSA) is 15.3 Å². The third kappa shape index (κ3) is 4.46. The molecule has 0 bridgehead atoms. The summed E-state index contributed by atoms with van der Waals surface area (Å²) in [5.41, 5.74) is 1.01. The Morgan fingerprint density at radius 1 is 1.11 bits per heavy atom. The van der Waals surface area contributed by atoms with E-state index in [1.54, 1.807) is 0 Å². The van der Waals surface area contributed by atoms with E-state index in [1.165, 1.54) is 51.7 Å². The van der Waals surface area contributed by atoms with Gasteiger partial charge in [-0.3, -0.25) is 0 Å². The van der Waals surface area contributed by atoms with E-state index in [1.807, 2.05) is 0 Å². The molecule has 1 N–H and O–H groups in total. The highest BCUT2D eigenvalue weighted by atomic mass is 15.1. The van der Waals surface area contributed by atoms with Crippen molar-refractivity contribution in [3.05, 3.63) is 0 Å². The van der Waals surface area contributed by atoms with Crippen LogP contribution in [0, 0.1) is 16.7 Å². The van der Waals surface area contributed by atoms with Crippen molar-refractivity contribution in [2.24, 2.45) is 16.7 Å². The predicted molar refractivity (Wildman–Crippen MR) is 83.4 cm³/mol. The molecule has 0 spiro atoms. The van der Waals surface area contributed by atoms with E-state index in [4.69, 9.17) is 0 Å². The molecule has 0 aromatic rings. The van der Waals surface area contributed by atoms with Gasteiger partial charge in [0, 0.05) is 12.6 Å². The van der Waals surface area contributed by atoms with Crippen molar-refractivity contribution in [1.82, 2.24) is 10.2 Å². The van der Waals surface area contributed by atoms with Gasteiger partial charge in [0.05, 0.1) is 0 Å². The molecule has 1 atom stereocenters. The molecule has 2 nitrogen and oxygen atoms in total. The Labute approximate surface area is 120 Å². The van der Waals surface area contributed by atoms with Gasteiger partial charge in [0.2, 0.25) is 0 Å². The molecule has 19 heavy (non-hydrogen) atoms. The first-order valence-electron chi connectivity index (χ1n) is 8.18. The van der Waals surface area contributed by atoms with Gasteiger partial charge in [-0.05, 0) is 69.0 Å². The van der Waals surface area contributed by atoms with Crippen LogP contribution >= 0.6 is 0 Å². The molecule has 0 radical (unpaired) electrons. The number of rotatable bonds is 3. The molecule has 1 saturated carbocycles. The largest absolute Gasteiger partial charge is 0.316 e. The molecular formula is C17H34N2. The molecule has 1 aliphatic heterocycles. The molecule has 2 fully saturated rings. The Morgan fingerprint density at radius 2 is 1.74 bits per heavy atom. The second-order valence-electron chi connectivity index (χ2n) is 8.72. The van der Waals surface area contributed by atoms with Crippen molar-refractivity contribution in [1.29, 1.82) is 0 Å². The summed E-state index contributed by atoms with van der Waals surface area (Å²) in [5.74, 6) is 0.868. The highest BCUT2D eigenvalue weighted by Gasteiger charge is 2.39. The molecule has 1 unspecified atom stereocenters. The van der Waals surface area contributed by atoms with Gasteiger partial charge in [0.1, 0.15) is 0 Å².